The number of carbonyl (C=O) groups is 2. The summed E-state index contributed by atoms with van der Waals surface area (Å²) in [5.74, 6) is -1.17. The van der Waals surface area contributed by atoms with Gasteiger partial charge in [0.25, 0.3) is 11.6 Å². The quantitative estimate of drug-likeness (QED) is 0.333. The normalized spacial score (nSPS) is 10.2. The number of halogens is 1. The van der Waals surface area contributed by atoms with Gasteiger partial charge >= 0.3 is 5.97 Å². The standard InChI is InChI=1S/C17H16ClN3O6/c1-9-5-13(15(26-2)7-11(9)18)20-16(22)8-27-17(23)10-3-4-12(19)14(6-10)21(24)25/h3-7H,8,19H2,1-2H3,(H,20,22). The van der Waals surface area contributed by atoms with E-state index in [1.807, 2.05) is 0 Å². The fraction of sp³-hybridized carbons (Fsp3) is 0.176. The molecule has 0 bridgehead atoms. The van der Waals surface area contributed by atoms with Crippen LogP contribution in [0.5, 0.6) is 5.75 Å². The average molecular weight is 394 g/mol. The summed E-state index contributed by atoms with van der Waals surface area (Å²) in [5.41, 5.74) is 5.96. The lowest BCUT2D eigenvalue weighted by Gasteiger charge is -2.12. The van der Waals surface area contributed by atoms with Crippen molar-refractivity contribution in [3.05, 3.63) is 56.6 Å². The Balaban J connectivity index is 2.04. The molecule has 0 aromatic heterocycles. The van der Waals surface area contributed by atoms with E-state index in [0.29, 0.717) is 16.5 Å². The third-order valence-corrected chi connectivity index (χ3v) is 3.96. The van der Waals surface area contributed by atoms with Crippen molar-refractivity contribution in [3.63, 3.8) is 0 Å². The first-order chi connectivity index (χ1) is 12.7. The van der Waals surface area contributed by atoms with Gasteiger partial charge in [-0.25, -0.2) is 4.79 Å². The predicted molar refractivity (Wildman–Crippen MR) is 99.2 cm³/mol. The highest BCUT2D eigenvalue weighted by Crippen LogP contribution is 2.31. The number of ether oxygens (including phenoxy) is 2. The molecule has 0 heterocycles. The maximum Gasteiger partial charge on any atom is 0.338 e. The van der Waals surface area contributed by atoms with Crippen LogP contribution in [0.25, 0.3) is 0 Å². The molecule has 3 N–H and O–H groups in total. The Hall–Kier alpha value is -3.33. The Kier molecular flexibility index (Phi) is 6.19. The number of amides is 1. The Bertz CT molecular complexity index is 916. The van der Waals surface area contributed by atoms with Crippen molar-refractivity contribution in [2.24, 2.45) is 0 Å². The Labute approximate surface area is 159 Å². The second-order valence-corrected chi connectivity index (χ2v) is 5.86. The van der Waals surface area contributed by atoms with E-state index in [4.69, 9.17) is 26.8 Å². The third-order valence-electron chi connectivity index (χ3n) is 3.55. The number of nitro benzene ring substituents is 1. The molecule has 0 radical (unpaired) electrons. The number of nitrogen functional groups attached to an aromatic ring is 1. The lowest BCUT2D eigenvalue weighted by molar-refractivity contribution is -0.383. The second-order valence-electron chi connectivity index (χ2n) is 5.46. The van der Waals surface area contributed by atoms with Crippen LogP contribution in [0.4, 0.5) is 17.1 Å². The number of aryl methyl sites for hydroxylation is 1. The molecule has 0 aliphatic rings. The van der Waals surface area contributed by atoms with Crippen LogP contribution < -0.4 is 15.8 Å². The summed E-state index contributed by atoms with van der Waals surface area (Å²) >= 11 is 6.00. The van der Waals surface area contributed by atoms with Crippen LogP contribution in [-0.4, -0.2) is 30.5 Å². The summed E-state index contributed by atoms with van der Waals surface area (Å²) in [5, 5.41) is 13.9. The summed E-state index contributed by atoms with van der Waals surface area (Å²) in [6, 6.07) is 6.64. The minimum Gasteiger partial charge on any atom is -0.495 e. The van der Waals surface area contributed by atoms with Gasteiger partial charge in [-0.1, -0.05) is 11.6 Å². The van der Waals surface area contributed by atoms with Gasteiger partial charge in [0, 0.05) is 17.2 Å². The number of nitrogens with zero attached hydrogens (tertiary/aromatic N) is 1. The molecule has 142 valence electrons. The van der Waals surface area contributed by atoms with Crippen LogP contribution in [0, 0.1) is 17.0 Å². The van der Waals surface area contributed by atoms with Gasteiger partial charge in [-0.15, -0.1) is 0 Å². The molecule has 0 fully saturated rings. The number of benzene rings is 2. The van der Waals surface area contributed by atoms with Gasteiger partial charge in [0.15, 0.2) is 6.61 Å². The number of nitro groups is 1. The third kappa shape index (κ3) is 4.85. The molecule has 10 heteroatoms. The number of hydrogen-bond donors (Lipinski definition) is 2. The molecule has 0 saturated carbocycles. The first-order valence-electron chi connectivity index (χ1n) is 7.58. The number of nitrogens with two attached hydrogens (primary N) is 1. The lowest BCUT2D eigenvalue weighted by Crippen LogP contribution is -2.21. The maximum atomic E-state index is 12.0. The van der Waals surface area contributed by atoms with Crippen molar-refractivity contribution in [2.45, 2.75) is 6.92 Å². The van der Waals surface area contributed by atoms with Crippen LogP contribution in [-0.2, 0) is 9.53 Å². The molecule has 2 rings (SSSR count). The molecule has 0 spiro atoms. The minimum atomic E-state index is -0.896. The molecular weight excluding hydrogens is 378 g/mol. The highest BCUT2D eigenvalue weighted by Gasteiger charge is 2.18. The molecule has 0 unspecified atom stereocenters. The van der Waals surface area contributed by atoms with Gasteiger partial charge in [0.1, 0.15) is 11.4 Å². The SMILES string of the molecule is COc1cc(Cl)c(C)cc1NC(=O)COC(=O)c1ccc(N)c([N+](=O)[O-])c1. The monoisotopic (exact) mass is 393 g/mol. The smallest absolute Gasteiger partial charge is 0.338 e. The van der Waals surface area contributed by atoms with Crippen LogP contribution in [0.2, 0.25) is 5.02 Å². The molecule has 27 heavy (non-hydrogen) atoms. The van der Waals surface area contributed by atoms with E-state index in [2.05, 4.69) is 5.32 Å². The molecule has 2 aromatic carbocycles. The van der Waals surface area contributed by atoms with E-state index in [1.54, 1.807) is 19.1 Å². The summed E-state index contributed by atoms with van der Waals surface area (Å²) < 4.78 is 10.0. The highest BCUT2D eigenvalue weighted by molar-refractivity contribution is 6.31. The largest absolute Gasteiger partial charge is 0.495 e. The van der Waals surface area contributed by atoms with Crippen LogP contribution in [0.3, 0.4) is 0 Å². The molecule has 1 amide bonds. The fourth-order valence-electron chi connectivity index (χ4n) is 2.16. The van der Waals surface area contributed by atoms with E-state index < -0.39 is 29.1 Å². The molecule has 9 nitrogen and oxygen atoms in total. The van der Waals surface area contributed by atoms with Gasteiger partial charge < -0.3 is 20.5 Å². The first-order valence-corrected chi connectivity index (χ1v) is 7.95. The van der Waals surface area contributed by atoms with Gasteiger partial charge in [0.2, 0.25) is 0 Å². The lowest BCUT2D eigenvalue weighted by atomic mass is 10.2. The molecule has 0 saturated heterocycles. The molecule has 0 aliphatic heterocycles. The Morgan fingerprint density at radius 3 is 2.63 bits per heavy atom. The molecule has 0 atom stereocenters. The predicted octanol–water partition coefficient (Wildman–Crippen LogP) is 2.94. The van der Waals surface area contributed by atoms with E-state index >= 15 is 0 Å². The van der Waals surface area contributed by atoms with E-state index in [1.165, 1.54) is 19.2 Å². The fourth-order valence-corrected chi connectivity index (χ4v) is 2.31. The van der Waals surface area contributed by atoms with Crippen LogP contribution >= 0.6 is 11.6 Å². The van der Waals surface area contributed by atoms with Gasteiger partial charge in [-0.05, 0) is 30.7 Å². The summed E-state index contributed by atoms with van der Waals surface area (Å²) in [4.78, 5) is 34.2. The highest BCUT2D eigenvalue weighted by atomic mass is 35.5. The Morgan fingerprint density at radius 1 is 1.30 bits per heavy atom. The minimum absolute atomic E-state index is 0.0838. The summed E-state index contributed by atoms with van der Waals surface area (Å²) in [7, 11) is 1.42. The zero-order chi connectivity index (χ0) is 20.1. The van der Waals surface area contributed by atoms with Gasteiger partial charge in [0.05, 0.1) is 23.3 Å². The van der Waals surface area contributed by atoms with E-state index in [-0.39, 0.29) is 11.3 Å². The number of rotatable bonds is 6. The zero-order valence-corrected chi connectivity index (χ0v) is 15.2. The molecule has 0 aliphatic carbocycles. The number of nitrogens with one attached hydrogen (secondary N) is 1. The topological polar surface area (TPSA) is 134 Å². The van der Waals surface area contributed by atoms with Crippen LogP contribution in [0.15, 0.2) is 30.3 Å². The molecular formula is C17H16ClN3O6. The van der Waals surface area contributed by atoms with Crippen LogP contribution in [0.1, 0.15) is 15.9 Å². The average Bonchev–Trinajstić information content (AvgIpc) is 2.62. The maximum absolute atomic E-state index is 12.0. The van der Waals surface area contributed by atoms with Gasteiger partial charge in [-0.3, -0.25) is 14.9 Å². The van der Waals surface area contributed by atoms with Crippen molar-refractivity contribution in [3.8, 4) is 5.75 Å². The number of methoxy groups -OCH3 is 1. The number of carbonyl (C=O) groups excluding carboxylic acids is 2. The van der Waals surface area contributed by atoms with Gasteiger partial charge in [-0.2, -0.15) is 0 Å². The van der Waals surface area contributed by atoms with Crippen molar-refractivity contribution >= 4 is 40.5 Å². The summed E-state index contributed by atoms with van der Waals surface area (Å²) in [6.07, 6.45) is 0. The Morgan fingerprint density at radius 2 is 2.00 bits per heavy atom. The number of hydrogen-bond acceptors (Lipinski definition) is 7. The van der Waals surface area contributed by atoms with Crippen molar-refractivity contribution in [2.75, 3.05) is 24.8 Å². The van der Waals surface area contributed by atoms with Crippen molar-refractivity contribution in [1.82, 2.24) is 0 Å². The van der Waals surface area contributed by atoms with Crippen molar-refractivity contribution < 1.29 is 24.0 Å². The number of esters is 1. The number of anilines is 2. The first kappa shape index (κ1) is 20.0. The van der Waals surface area contributed by atoms with E-state index in [9.17, 15) is 19.7 Å². The zero-order valence-electron chi connectivity index (χ0n) is 14.4. The van der Waals surface area contributed by atoms with E-state index in [0.717, 1.165) is 11.6 Å². The summed E-state index contributed by atoms with van der Waals surface area (Å²) in [6.45, 7) is 1.16. The molecule has 2 aromatic rings. The second kappa shape index (κ2) is 8.37. The van der Waals surface area contributed by atoms with Crippen molar-refractivity contribution in [1.29, 1.82) is 0 Å².